The number of likely N-dealkylation sites (tertiary alicyclic amines) is 1. The molecule has 132 valence electrons. The number of nitrogens with one attached hydrogen (secondary N) is 1. The standard InChI is InChI=1S/C20H23ClN2O2/c1-25-19-6-2-5-18(12-19)22-20(24)16-4-3-11-23(14-16)13-15-7-9-17(21)10-8-15/h2,5-10,12,16H,3-4,11,13-14H2,1H3,(H,22,24)/t16-/m1/s1. The molecule has 25 heavy (non-hydrogen) atoms. The number of amides is 1. The van der Waals surface area contributed by atoms with Gasteiger partial charge in [0.05, 0.1) is 13.0 Å². The quantitative estimate of drug-likeness (QED) is 0.870. The molecule has 5 heteroatoms. The molecule has 1 saturated heterocycles. The van der Waals surface area contributed by atoms with Gasteiger partial charge in [0, 0.05) is 29.9 Å². The molecule has 0 aliphatic carbocycles. The fourth-order valence-electron chi connectivity index (χ4n) is 3.21. The number of piperidine rings is 1. The van der Waals surface area contributed by atoms with E-state index in [1.54, 1.807) is 7.11 Å². The van der Waals surface area contributed by atoms with Gasteiger partial charge in [0.2, 0.25) is 5.91 Å². The van der Waals surface area contributed by atoms with Crippen molar-refractivity contribution in [2.45, 2.75) is 19.4 Å². The Labute approximate surface area is 153 Å². The Kier molecular flexibility index (Phi) is 5.95. The lowest BCUT2D eigenvalue weighted by Gasteiger charge is -2.32. The number of benzene rings is 2. The molecule has 0 radical (unpaired) electrons. The fraction of sp³-hybridized carbons (Fsp3) is 0.350. The summed E-state index contributed by atoms with van der Waals surface area (Å²) < 4.78 is 5.20. The molecule has 1 aliphatic rings. The molecule has 1 atom stereocenters. The van der Waals surface area contributed by atoms with Crippen molar-refractivity contribution in [3.05, 3.63) is 59.1 Å². The van der Waals surface area contributed by atoms with Crippen LogP contribution in [0.5, 0.6) is 5.75 Å². The van der Waals surface area contributed by atoms with Gasteiger partial charge in [0.1, 0.15) is 5.75 Å². The molecule has 0 spiro atoms. The number of carbonyl (C=O) groups is 1. The molecular formula is C20H23ClN2O2. The minimum atomic E-state index is 0.00671. The van der Waals surface area contributed by atoms with Gasteiger partial charge in [-0.3, -0.25) is 9.69 Å². The van der Waals surface area contributed by atoms with Crippen molar-refractivity contribution in [1.29, 1.82) is 0 Å². The molecule has 1 N–H and O–H groups in total. The predicted molar refractivity (Wildman–Crippen MR) is 101 cm³/mol. The molecule has 1 heterocycles. The maximum Gasteiger partial charge on any atom is 0.228 e. The number of methoxy groups -OCH3 is 1. The second-order valence-corrected chi connectivity index (χ2v) is 6.86. The summed E-state index contributed by atoms with van der Waals surface area (Å²) in [4.78, 5) is 14.9. The maximum absolute atomic E-state index is 12.6. The van der Waals surface area contributed by atoms with Crippen LogP contribution in [0.25, 0.3) is 0 Å². The molecule has 2 aromatic carbocycles. The molecule has 0 saturated carbocycles. The lowest BCUT2D eigenvalue weighted by molar-refractivity contribution is -0.121. The van der Waals surface area contributed by atoms with Crippen molar-refractivity contribution in [1.82, 2.24) is 4.90 Å². The Hall–Kier alpha value is -2.04. The van der Waals surface area contributed by atoms with Crippen LogP contribution in [0.2, 0.25) is 5.02 Å². The van der Waals surface area contributed by atoms with Gasteiger partial charge in [-0.15, -0.1) is 0 Å². The third-order valence-electron chi connectivity index (χ3n) is 4.53. The lowest BCUT2D eigenvalue weighted by atomic mass is 9.96. The number of rotatable bonds is 5. The first-order chi connectivity index (χ1) is 12.1. The lowest BCUT2D eigenvalue weighted by Crippen LogP contribution is -2.40. The zero-order valence-corrected chi connectivity index (χ0v) is 15.1. The van der Waals surface area contributed by atoms with Crippen LogP contribution >= 0.6 is 11.6 Å². The van der Waals surface area contributed by atoms with Gasteiger partial charge in [0.25, 0.3) is 0 Å². The van der Waals surface area contributed by atoms with Crippen LogP contribution in [0.3, 0.4) is 0 Å². The molecular weight excluding hydrogens is 336 g/mol. The van der Waals surface area contributed by atoms with Crippen LogP contribution in [0.4, 0.5) is 5.69 Å². The second-order valence-electron chi connectivity index (χ2n) is 6.42. The topological polar surface area (TPSA) is 41.6 Å². The van der Waals surface area contributed by atoms with Gasteiger partial charge in [-0.2, -0.15) is 0 Å². The van der Waals surface area contributed by atoms with E-state index in [0.717, 1.165) is 48.9 Å². The number of nitrogens with zero attached hydrogens (tertiary/aromatic N) is 1. The van der Waals surface area contributed by atoms with E-state index >= 15 is 0 Å². The summed E-state index contributed by atoms with van der Waals surface area (Å²) in [6, 6.07) is 15.4. The number of halogens is 1. The molecule has 1 aliphatic heterocycles. The molecule has 0 aromatic heterocycles. The van der Waals surface area contributed by atoms with E-state index in [0.29, 0.717) is 0 Å². The second kappa shape index (κ2) is 8.37. The first kappa shape index (κ1) is 17.8. The first-order valence-electron chi connectivity index (χ1n) is 8.56. The average Bonchev–Trinajstić information content (AvgIpc) is 2.64. The third-order valence-corrected chi connectivity index (χ3v) is 4.78. The molecule has 1 amide bonds. The Morgan fingerprint density at radius 3 is 2.84 bits per heavy atom. The number of hydrogen-bond donors (Lipinski definition) is 1. The van der Waals surface area contributed by atoms with E-state index in [4.69, 9.17) is 16.3 Å². The van der Waals surface area contributed by atoms with E-state index in [9.17, 15) is 4.79 Å². The smallest absolute Gasteiger partial charge is 0.228 e. The highest BCUT2D eigenvalue weighted by Crippen LogP contribution is 2.22. The zero-order chi connectivity index (χ0) is 17.6. The van der Waals surface area contributed by atoms with Gasteiger partial charge in [-0.1, -0.05) is 29.8 Å². The summed E-state index contributed by atoms with van der Waals surface area (Å²) in [5, 5.41) is 3.76. The summed E-state index contributed by atoms with van der Waals surface area (Å²) in [5.41, 5.74) is 2.00. The Balaban J connectivity index is 1.58. The molecule has 4 nitrogen and oxygen atoms in total. The van der Waals surface area contributed by atoms with Crippen molar-refractivity contribution in [3.8, 4) is 5.75 Å². The Morgan fingerprint density at radius 1 is 1.28 bits per heavy atom. The first-order valence-corrected chi connectivity index (χ1v) is 8.93. The molecule has 0 bridgehead atoms. The molecule has 1 fully saturated rings. The van der Waals surface area contributed by atoms with Crippen molar-refractivity contribution in [2.24, 2.45) is 5.92 Å². The summed E-state index contributed by atoms with van der Waals surface area (Å²) in [6.45, 7) is 2.64. The van der Waals surface area contributed by atoms with Crippen molar-refractivity contribution in [2.75, 3.05) is 25.5 Å². The van der Waals surface area contributed by atoms with Crippen LogP contribution < -0.4 is 10.1 Å². The average molecular weight is 359 g/mol. The highest BCUT2D eigenvalue weighted by molar-refractivity contribution is 6.30. The van der Waals surface area contributed by atoms with Crippen molar-refractivity contribution >= 4 is 23.2 Å². The molecule has 0 unspecified atom stereocenters. The van der Waals surface area contributed by atoms with Gasteiger partial charge in [-0.25, -0.2) is 0 Å². The predicted octanol–water partition coefficient (Wildman–Crippen LogP) is 4.20. The number of anilines is 1. The number of hydrogen-bond acceptors (Lipinski definition) is 3. The third kappa shape index (κ3) is 4.97. The summed E-state index contributed by atoms with van der Waals surface area (Å²) >= 11 is 5.94. The largest absolute Gasteiger partial charge is 0.497 e. The van der Waals surface area contributed by atoms with Crippen molar-refractivity contribution < 1.29 is 9.53 Å². The fourth-order valence-corrected chi connectivity index (χ4v) is 3.33. The monoisotopic (exact) mass is 358 g/mol. The van der Waals surface area contributed by atoms with Crippen LogP contribution in [0.15, 0.2) is 48.5 Å². The van der Waals surface area contributed by atoms with Crippen LogP contribution in [-0.2, 0) is 11.3 Å². The zero-order valence-electron chi connectivity index (χ0n) is 14.4. The summed E-state index contributed by atoms with van der Waals surface area (Å²) in [6.07, 6.45) is 1.96. The normalized spacial score (nSPS) is 17.9. The van der Waals surface area contributed by atoms with E-state index < -0.39 is 0 Å². The number of carbonyl (C=O) groups excluding carboxylic acids is 1. The van der Waals surface area contributed by atoms with Crippen LogP contribution in [0.1, 0.15) is 18.4 Å². The van der Waals surface area contributed by atoms with Gasteiger partial charge in [-0.05, 0) is 49.2 Å². The summed E-state index contributed by atoms with van der Waals surface area (Å²) in [7, 11) is 1.62. The summed E-state index contributed by atoms with van der Waals surface area (Å²) in [5.74, 6) is 0.826. The van der Waals surface area contributed by atoms with Crippen LogP contribution in [0, 0.1) is 5.92 Å². The van der Waals surface area contributed by atoms with Gasteiger partial charge < -0.3 is 10.1 Å². The maximum atomic E-state index is 12.6. The highest BCUT2D eigenvalue weighted by Gasteiger charge is 2.25. The molecule has 3 rings (SSSR count). The van der Waals surface area contributed by atoms with Gasteiger partial charge >= 0.3 is 0 Å². The van der Waals surface area contributed by atoms with Crippen LogP contribution in [-0.4, -0.2) is 31.0 Å². The van der Waals surface area contributed by atoms with E-state index in [2.05, 4.69) is 10.2 Å². The SMILES string of the molecule is COc1cccc(NC(=O)[C@@H]2CCCN(Cc3ccc(Cl)cc3)C2)c1. The van der Waals surface area contributed by atoms with E-state index in [-0.39, 0.29) is 11.8 Å². The minimum absolute atomic E-state index is 0.00671. The molecule has 2 aromatic rings. The minimum Gasteiger partial charge on any atom is -0.497 e. The van der Waals surface area contributed by atoms with Gasteiger partial charge in [0.15, 0.2) is 0 Å². The number of ether oxygens (including phenoxy) is 1. The van der Waals surface area contributed by atoms with Crippen molar-refractivity contribution in [3.63, 3.8) is 0 Å². The Morgan fingerprint density at radius 2 is 2.08 bits per heavy atom. The van der Waals surface area contributed by atoms with E-state index in [1.165, 1.54) is 5.56 Å². The van der Waals surface area contributed by atoms with E-state index in [1.807, 2.05) is 48.5 Å². The Bertz CT molecular complexity index is 718. The highest BCUT2D eigenvalue weighted by atomic mass is 35.5.